The lowest BCUT2D eigenvalue weighted by atomic mass is 9.84. The zero-order chi connectivity index (χ0) is 16.7. The monoisotopic (exact) mass is 317 g/mol. The summed E-state index contributed by atoms with van der Waals surface area (Å²) in [5.41, 5.74) is 1.27. The standard InChI is InChI=1S/C18H23NO4/c1-19-16-8-3-2-7-15(16)18(22)23-11-5-4-6-13-9-10-14(20)12-17(13)21/h2-3,7-8,13,19H,4-6,9-12H2,1H3. The number of para-hydroxylation sites is 1. The molecule has 1 aliphatic carbocycles. The van der Waals surface area contributed by atoms with E-state index in [1.807, 2.05) is 12.1 Å². The number of benzene rings is 1. The highest BCUT2D eigenvalue weighted by atomic mass is 16.5. The third-order valence-corrected chi connectivity index (χ3v) is 4.19. The zero-order valence-corrected chi connectivity index (χ0v) is 13.5. The molecule has 0 saturated heterocycles. The Labute approximate surface area is 136 Å². The van der Waals surface area contributed by atoms with Gasteiger partial charge in [-0.15, -0.1) is 0 Å². The van der Waals surface area contributed by atoms with Gasteiger partial charge in [-0.25, -0.2) is 4.79 Å². The van der Waals surface area contributed by atoms with Crippen molar-refractivity contribution >= 4 is 23.2 Å². The molecule has 2 rings (SSSR count). The molecular weight excluding hydrogens is 294 g/mol. The Bertz CT molecular complexity index is 582. The van der Waals surface area contributed by atoms with Crippen LogP contribution in [0.3, 0.4) is 0 Å². The lowest BCUT2D eigenvalue weighted by molar-refractivity contribution is -0.132. The number of ketones is 2. The number of nitrogens with one attached hydrogen (secondary N) is 1. The first-order valence-corrected chi connectivity index (χ1v) is 8.10. The van der Waals surface area contributed by atoms with E-state index in [0.717, 1.165) is 24.9 Å². The quantitative estimate of drug-likeness (QED) is 0.475. The number of anilines is 1. The van der Waals surface area contributed by atoms with Crippen molar-refractivity contribution in [3.63, 3.8) is 0 Å². The van der Waals surface area contributed by atoms with Crippen molar-refractivity contribution in [3.05, 3.63) is 29.8 Å². The van der Waals surface area contributed by atoms with E-state index in [1.165, 1.54) is 0 Å². The van der Waals surface area contributed by atoms with Crippen LogP contribution in [-0.4, -0.2) is 31.2 Å². The van der Waals surface area contributed by atoms with Gasteiger partial charge in [-0.2, -0.15) is 0 Å². The summed E-state index contributed by atoms with van der Waals surface area (Å²) in [7, 11) is 1.76. The van der Waals surface area contributed by atoms with Gasteiger partial charge in [0.25, 0.3) is 0 Å². The molecule has 5 heteroatoms. The Balaban J connectivity index is 1.68. The molecule has 0 radical (unpaired) electrons. The molecule has 1 N–H and O–H groups in total. The summed E-state index contributed by atoms with van der Waals surface area (Å²) < 4.78 is 5.29. The van der Waals surface area contributed by atoms with Crippen molar-refractivity contribution in [1.29, 1.82) is 0 Å². The van der Waals surface area contributed by atoms with Crippen LogP contribution in [0.4, 0.5) is 5.69 Å². The Kier molecular flexibility index (Phi) is 6.32. The van der Waals surface area contributed by atoms with E-state index >= 15 is 0 Å². The number of esters is 1. The average Bonchev–Trinajstić information content (AvgIpc) is 2.56. The lowest BCUT2D eigenvalue weighted by Gasteiger charge is -2.19. The van der Waals surface area contributed by atoms with Crippen molar-refractivity contribution in [3.8, 4) is 0 Å². The molecule has 5 nitrogen and oxygen atoms in total. The first kappa shape index (κ1) is 17.2. The van der Waals surface area contributed by atoms with Gasteiger partial charge in [-0.05, 0) is 37.8 Å². The number of unbranched alkanes of at least 4 members (excludes halogenated alkanes) is 1. The molecule has 1 aliphatic rings. The van der Waals surface area contributed by atoms with Gasteiger partial charge in [0.05, 0.1) is 18.6 Å². The summed E-state index contributed by atoms with van der Waals surface area (Å²) in [5, 5.41) is 2.96. The maximum absolute atomic E-state index is 12.0. The summed E-state index contributed by atoms with van der Waals surface area (Å²) in [6.07, 6.45) is 3.62. The van der Waals surface area contributed by atoms with Crippen molar-refractivity contribution < 1.29 is 19.1 Å². The first-order chi connectivity index (χ1) is 11.1. The number of ether oxygens (including phenoxy) is 1. The molecule has 0 amide bonds. The van der Waals surface area contributed by atoms with Crippen LogP contribution in [0.1, 0.15) is 48.9 Å². The number of carbonyl (C=O) groups is 3. The number of Topliss-reactive ketones (excluding diaryl/α,β-unsaturated/α-hetero) is 2. The predicted octanol–water partition coefficient (Wildman–Crippen LogP) is 2.99. The molecule has 1 aromatic rings. The Hall–Kier alpha value is -2.17. The summed E-state index contributed by atoms with van der Waals surface area (Å²) in [6.45, 7) is 0.344. The SMILES string of the molecule is CNc1ccccc1C(=O)OCCCCC1CCC(=O)CC1=O. The molecule has 0 spiro atoms. The number of rotatable bonds is 7. The number of carbonyl (C=O) groups excluding carboxylic acids is 3. The van der Waals surface area contributed by atoms with E-state index < -0.39 is 0 Å². The minimum atomic E-state index is -0.339. The molecule has 1 fully saturated rings. The second kappa shape index (κ2) is 8.46. The van der Waals surface area contributed by atoms with Gasteiger partial charge in [0.15, 0.2) is 0 Å². The maximum Gasteiger partial charge on any atom is 0.340 e. The van der Waals surface area contributed by atoms with Crippen molar-refractivity contribution in [1.82, 2.24) is 0 Å². The Morgan fingerprint density at radius 2 is 2.04 bits per heavy atom. The second-order valence-electron chi connectivity index (χ2n) is 5.84. The summed E-state index contributed by atoms with van der Waals surface area (Å²) >= 11 is 0. The van der Waals surface area contributed by atoms with E-state index in [-0.39, 0.29) is 29.9 Å². The lowest BCUT2D eigenvalue weighted by Crippen LogP contribution is -2.24. The highest BCUT2D eigenvalue weighted by Crippen LogP contribution is 2.23. The Morgan fingerprint density at radius 3 is 2.78 bits per heavy atom. The smallest absolute Gasteiger partial charge is 0.340 e. The van der Waals surface area contributed by atoms with Crippen molar-refractivity contribution in [2.24, 2.45) is 5.92 Å². The van der Waals surface area contributed by atoms with E-state index in [4.69, 9.17) is 4.74 Å². The second-order valence-corrected chi connectivity index (χ2v) is 5.84. The van der Waals surface area contributed by atoms with Gasteiger partial charge < -0.3 is 10.1 Å². The van der Waals surface area contributed by atoms with Crippen LogP contribution in [0.5, 0.6) is 0 Å². The minimum Gasteiger partial charge on any atom is -0.462 e. The van der Waals surface area contributed by atoms with Crippen LogP contribution >= 0.6 is 0 Å². The topological polar surface area (TPSA) is 72.5 Å². The molecule has 1 unspecified atom stereocenters. The van der Waals surface area contributed by atoms with E-state index in [9.17, 15) is 14.4 Å². The van der Waals surface area contributed by atoms with Crippen LogP contribution in [-0.2, 0) is 14.3 Å². The minimum absolute atomic E-state index is 0.00780. The molecule has 23 heavy (non-hydrogen) atoms. The molecule has 0 bridgehead atoms. The van der Waals surface area contributed by atoms with Gasteiger partial charge >= 0.3 is 5.97 Å². The number of hydrogen-bond donors (Lipinski definition) is 1. The third-order valence-electron chi connectivity index (χ3n) is 4.19. The molecule has 0 heterocycles. The fourth-order valence-electron chi connectivity index (χ4n) is 2.84. The predicted molar refractivity (Wildman–Crippen MR) is 87.5 cm³/mol. The van der Waals surface area contributed by atoms with Crippen LogP contribution in [0.15, 0.2) is 24.3 Å². The van der Waals surface area contributed by atoms with Crippen molar-refractivity contribution in [2.45, 2.75) is 38.5 Å². The fraction of sp³-hybridized carbons (Fsp3) is 0.500. The summed E-state index contributed by atoms with van der Waals surface area (Å²) in [6, 6.07) is 7.21. The van der Waals surface area contributed by atoms with Gasteiger partial charge in [0, 0.05) is 25.1 Å². The molecule has 1 saturated carbocycles. The highest BCUT2D eigenvalue weighted by Gasteiger charge is 2.26. The molecule has 0 aliphatic heterocycles. The van der Waals surface area contributed by atoms with E-state index in [2.05, 4.69) is 5.32 Å². The normalized spacial score (nSPS) is 17.9. The molecule has 124 valence electrons. The van der Waals surface area contributed by atoms with Gasteiger partial charge in [0.2, 0.25) is 0 Å². The van der Waals surface area contributed by atoms with Gasteiger partial charge in [0.1, 0.15) is 11.6 Å². The van der Waals surface area contributed by atoms with E-state index in [0.29, 0.717) is 25.0 Å². The van der Waals surface area contributed by atoms with Gasteiger partial charge in [-0.3, -0.25) is 9.59 Å². The van der Waals surface area contributed by atoms with Crippen LogP contribution in [0, 0.1) is 5.92 Å². The Morgan fingerprint density at radius 1 is 1.26 bits per heavy atom. The van der Waals surface area contributed by atoms with Crippen LogP contribution < -0.4 is 5.32 Å². The first-order valence-electron chi connectivity index (χ1n) is 8.10. The molecule has 1 atom stereocenters. The molecule has 0 aromatic heterocycles. The average molecular weight is 317 g/mol. The zero-order valence-electron chi connectivity index (χ0n) is 13.5. The van der Waals surface area contributed by atoms with Crippen LogP contribution in [0.2, 0.25) is 0 Å². The molecular formula is C18H23NO4. The summed E-state index contributed by atoms with van der Waals surface area (Å²) in [4.78, 5) is 34.9. The number of hydrogen-bond acceptors (Lipinski definition) is 5. The summed E-state index contributed by atoms with van der Waals surface area (Å²) in [5.74, 6) is -0.202. The van der Waals surface area contributed by atoms with Crippen molar-refractivity contribution in [2.75, 3.05) is 19.0 Å². The van der Waals surface area contributed by atoms with E-state index in [1.54, 1.807) is 19.2 Å². The van der Waals surface area contributed by atoms with Crippen LogP contribution in [0.25, 0.3) is 0 Å². The van der Waals surface area contributed by atoms with Gasteiger partial charge in [-0.1, -0.05) is 12.1 Å². The maximum atomic E-state index is 12.0. The molecule has 1 aromatic carbocycles. The largest absolute Gasteiger partial charge is 0.462 e. The highest BCUT2D eigenvalue weighted by molar-refractivity contribution is 6.02. The fourth-order valence-corrected chi connectivity index (χ4v) is 2.84. The third kappa shape index (κ3) is 4.91.